The molecule has 1 aromatic heterocycles. The summed E-state index contributed by atoms with van der Waals surface area (Å²) in [6.45, 7) is 8.92. The summed E-state index contributed by atoms with van der Waals surface area (Å²) in [7, 11) is 1.88. The van der Waals surface area contributed by atoms with E-state index >= 15 is 0 Å². The van der Waals surface area contributed by atoms with Gasteiger partial charge in [0, 0.05) is 7.05 Å². The number of aryl methyl sites for hydroxylation is 2. The first-order chi connectivity index (χ1) is 8.86. The number of ether oxygens (including phenoxy) is 1. The summed E-state index contributed by atoms with van der Waals surface area (Å²) in [5, 5.41) is 4.26. The van der Waals surface area contributed by atoms with Gasteiger partial charge in [0.05, 0.1) is 0 Å². The van der Waals surface area contributed by atoms with Crippen LogP contribution in [0.5, 0.6) is 5.75 Å². The van der Waals surface area contributed by atoms with Crippen molar-refractivity contribution in [3.05, 3.63) is 41.5 Å². The largest absolute Gasteiger partial charge is 0.486 e. The normalized spacial score (nSPS) is 11.6. The average Bonchev–Trinajstić information content (AvgIpc) is 2.66. The lowest BCUT2D eigenvalue weighted by Gasteiger charge is -2.19. The number of hydrogen-bond acceptors (Lipinski definition) is 3. The summed E-state index contributed by atoms with van der Waals surface area (Å²) in [5.41, 5.74) is 1.46. The zero-order chi connectivity index (χ0) is 14.0. The van der Waals surface area contributed by atoms with Crippen molar-refractivity contribution in [3.8, 4) is 5.75 Å². The number of aromatic nitrogens is 3. The minimum atomic E-state index is 0.165. The molecule has 0 unspecified atom stereocenters. The Bertz CT molecular complexity index is 530. The first-order valence-electron chi connectivity index (χ1n) is 6.46. The number of rotatable bonds is 3. The second-order valence-electron chi connectivity index (χ2n) is 5.76. The van der Waals surface area contributed by atoms with Gasteiger partial charge in [-0.25, -0.2) is 4.98 Å². The highest BCUT2D eigenvalue weighted by molar-refractivity contribution is 5.31. The molecule has 0 bridgehead atoms. The van der Waals surface area contributed by atoms with Crippen LogP contribution in [0, 0.1) is 6.92 Å². The van der Waals surface area contributed by atoms with E-state index in [0.717, 1.165) is 11.6 Å². The van der Waals surface area contributed by atoms with E-state index in [4.69, 9.17) is 4.74 Å². The Morgan fingerprint density at radius 1 is 1.16 bits per heavy atom. The van der Waals surface area contributed by atoms with Crippen molar-refractivity contribution in [2.24, 2.45) is 7.05 Å². The molecule has 0 aliphatic carbocycles. The van der Waals surface area contributed by atoms with Crippen LogP contribution in [0.1, 0.15) is 38.0 Å². The molecule has 2 aromatic rings. The smallest absolute Gasteiger partial charge is 0.188 e. The standard InChI is InChI=1S/C15H21N3O/c1-11-16-14(17-18(11)5)10-19-13-8-6-12(7-9-13)15(2,3)4/h6-9H,10H2,1-5H3. The molecule has 4 nitrogen and oxygen atoms in total. The van der Waals surface area contributed by atoms with Crippen molar-refractivity contribution in [1.29, 1.82) is 0 Å². The van der Waals surface area contributed by atoms with Gasteiger partial charge in [-0.3, -0.25) is 4.68 Å². The number of benzene rings is 1. The first kappa shape index (κ1) is 13.6. The fraction of sp³-hybridized carbons (Fsp3) is 0.467. The fourth-order valence-corrected chi connectivity index (χ4v) is 1.79. The SMILES string of the molecule is Cc1nc(COc2ccc(C(C)(C)C)cc2)nn1C. The summed E-state index contributed by atoms with van der Waals surface area (Å²) in [5.74, 6) is 2.44. The van der Waals surface area contributed by atoms with Crippen molar-refractivity contribution in [2.45, 2.75) is 39.7 Å². The summed E-state index contributed by atoms with van der Waals surface area (Å²) >= 11 is 0. The van der Waals surface area contributed by atoms with Crippen LogP contribution in [0.4, 0.5) is 0 Å². The minimum Gasteiger partial charge on any atom is -0.486 e. The van der Waals surface area contributed by atoms with Crippen LogP contribution in [-0.4, -0.2) is 14.8 Å². The van der Waals surface area contributed by atoms with E-state index < -0.39 is 0 Å². The van der Waals surface area contributed by atoms with Crippen molar-refractivity contribution in [1.82, 2.24) is 14.8 Å². The van der Waals surface area contributed by atoms with Crippen LogP contribution >= 0.6 is 0 Å². The molecule has 0 atom stereocenters. The highest BCUT2D eigenvalue weighted by Crippen LogP contribution is 2.24. The highest BCUT2D eigenvalue weighted by atomic mass is 16.5. The third-order valence-corrected chi connectivity index (χ3v) is 3.11. The summed E-state index contributed by atoms with van der Waals surface area (Å²) in [6, 6.07) is 8.20. The van der Waals surface area contributed by atoms with Crippen molar-refractivity contribution < 1.29 is 4.74 Å². The van der Waals surface area contributed by atoms with E-state index in [-0.39, 0.29) is 5.41 Å². The Kier molecular flexibility index (Phi) is 3.60. The van der Waals surface area contributed by atoms with Crippen LogP contribution in [0.25, 0.3) is 0 Å². The second-order valence-corrected chi connectivity index (χ2v) is 5.76. The lowest BCUT2D eigenvalue weighted by Crippen LogP contribution is -2.10. The molecule has 0 aliphatic rings. The quantitative estimate of drug-likeness (QED) is 0.850. The van der Waals surface area contributed by atoms with E-state index in [1.54, 1.807) is 4.68 Å². The molecule has 2 rings (SSSR count). The molecule has 0 fully saturated rings. The molecule has 0 N–H and O–H groups in total. The third kappa shape index (κ3) is 3.34. The number of hydrogen-bond donors (Lipinski definition) is 0. The van der Waals surface area contributed by atoms with Crippen molar-refractivity contribution in [2.75, 3.05) is 0 Å². The van der Waals surface area contributed by atoms with Gasteiger partial charge in [0.15, 0.2) is 5.82 Å². The predicted octanol–water partition coefficient (Wildman–Crippen LogP) is 3.00. The molecule has 0 spiro atoms. The van der Waals surface area contributed by atoms with Gasteiger partial charge >= 0.3 is 0 Å². The molecule has 1 heterocycles. The lowest BCUT2D eigenvalue weighted by atomic mass is 9.87. The van der Waals surface area contributed by atoms with Crippen LogP contribution in [0.3, 0.4) is 0 Å². The molecular formula is C15H21N3O. The molecule has 0 saturated carbocycles. The van der Waals surface area contributed by atoms with Gasteiger partial charge in [0.25, 0.3) is 0 Å². The van der Waals surface area contributed by atoms with Gasteiger partial charge in [-0.05, 0) is 30.0 Å². The molecule has 0 radical (unpaired) electrons. The molecule has 4 heteroatoms. The monoisotopic (exact) mass is 259 g/mol. The predicted molar refractivity (Wildman–Crippen MR) is 75.2 cm³/mol. The Balaban J connectivity index is 2.00. The van der Waals surface area contributed by atoms with E-state index in [1.165, 1.54) is 5.56 Å². The Morgan fingerprint density at radius 2 is 1.79 bits per heavy atom. The summed E-state index contributed by atoms with van der Waals surface area (Å²) < 4.78 is 7.44. The van der Waals surface area contributed by atoms with Gasteiger partial charge in [0.2, 0.25) is 0 Å². The third-order valence-electron chi connectivity index (χ3n) is 3.11. The topological polar surface area (TPSA) is 39.9 Å². The lowest BCUT2D eigenvalue weighted by molar-refractivity contribution is 0.295. The summed E-state index contributed by atoms with van der Waals surface area (Å²) in [6.07, 6.45) is 0. The Labute approximate surface area is 114 Å². The van der Waals surface area contributed by atoms with E-state index in [9.17, 15) is 0 Å². The average molecular weight is 259 g/mol. The minimum absolute atomic E-state index is 0.165. The van der Waals surface area contributed by atoms with Gasteiger partial charge in [-0.1, -0.05) is 32.9 Å². The molecule has 102 valence electrons. The van der Waals surface area contributed by atoms with Crippen LogP contribution in [0.2, 0.25) is 0 Å². The Hall–Kier alpha value is -1.84. The number of nitrogens with zero attached hydrogens (tertiary/aromatic N) is 3. The molecule has 0 saturated heterocycles. The summed E-state index contributed by atoms with van der Waals surface area (Å²) in [4.78, 5) is 4.31. The van der Waals surface area contributed by atoms with Crippen LogP contribution < -0.4 is 4.74 Å². The zero-order valence-electron chi connectivity index (χ0n) is 12.3. The molecule has 0 aliphatic heterocycles. The van der Waals surface area contributed by atoms with E-state index in [1.807, 2.05) is 26.1 Å². The van der Waals surface area contributed by atoms with Crippen molar-refractivity contribution >= 4 is 0 Å². The molecule has 19 heavy (non-hydrogen) atoms. The van der Waals surface area contributed by atoms with Gasteiger partial charge in [-0.2, -0.15) is 5.10 Å². The molecular weight excluding hydrogens is 238 g/mol. The fourth-order valence-electron chi connectivity index (χ4n) is 1.79. The second kappa shape index (κ2) is 5.03. The zero-order valence-corrected chi connectivity index (χ0v) is 12.3. The van der Waals surface area contributed by atoms with Crippen molar-refractivity contribution in [3.63, 3.8) is 0 Å². The highest BCUT2D eigenvalue weighted by Gasteiger charge is 2.13. The maximum absolute atomic E-state index is 5.69. The van der Waals surface area contributed by atoms with Gasteiger partial charge < -0.3 is 4.74 Å². The maximum Gasteiger partial charge on any atom is 0.188 e. The maximum atomic E-state index is 5.69. The van der Waals surface area contributed by atoms with Gasteiger partial charge in [-0.15, -0.1) is 0 Å². The van der Waals surface area contributed by atoms with Crippen LogP contribution in [0.15, 0.2) is 24.3 Å². The Morgan fingerprint density at radius 3 is 2.26 bits per heavy atom. The first-order valence-corrected chi connectivity index (χ1v) is 6.46. The van der Waals surface area contributed by atoms with Gasteiger partial charge in [0.1, 0.15) is 18.2 Å². The van der Waals surface area contributed by atoms with E-state index in [0.29, 0.717) is 12.4 Å². The molecule has 0 amide bonds. The van der Waals surface area contributed by atoms with E-state index in [2.05, 4.69) is 43.0 Å². The van der Waals surface area contributed by atoms with Crippen LogP contribution in [-0.2, 0) is 19.1 Å². The molecule has 1 aromatic carbocycles.